The Hall–Kier alpha value is -1.07. The van der Waals surface area contributed by atoms with Crippen molar-refractivity contribution in [2.24, 2.45) is 0 Å². The van der Waals surface area contributed by atoms with Crippen LogP contribution in [-0.4, -0.2) is 36.1 Å². The molecule has 6 heteroatoms. The van der Waals surface area contributed by atoms with Gasteiger partial charge in [0.2, 0.25) is 5.89 Å². The summed E-state index contributed by atoms with van der Waals surface area (Å²) in [6.07, 6.45) is 1.78. The maximum atomic E-state index is 5.59. The van der Waals surface area contributed by atoms with Crippen molar-refractivity contribution in [2.45, 2.75) is 13.5 Å². The molecular formula is C15H21Cl2N3O. The molecular weight excluding hydrogens is 309 g/mol. The number of oxazole rings is 1. The first kappa shape index (κ1) is 18.0. The Morgan fingerprint density at radius 1 is 1.24 bits per heavy atom. The standard InChI is InChI=1S/C15H19N3O.2ClH/c1-12-3-2-4-13(9-12)15-17-14(11-19-15)10-18-7-5-16-6-8-18;;/h2-4,9,11,16H,5-8,10H2,1H3;2*1H. The highest BCUT2D eigenvalue weighted by atomic mass is 35.5. The summed E-state index contributed by atoms with van der Waals surface area (Å²) in [4.78, 5) is 6.98. The maximum Gasteiger partial charge on any atom is 0.226 e. The van der Waals surface area contributed by atoms with Crippen LogP contribution >= 0.6 is 24.8 Å². The second-order valence-electron chi connectivity index (χ2n) is 5.04. The fourth-order valence-electron chi connectivity index (χ4n) is 2.39. The van der Waals surface area contributed by atoms with Crippen LogP contribution in [0.5, 0.6) is 0 Å². The van der Waals surface area contributed by atoms with Crippen molar-refractivity contribution in [3.05, 3.63) is 41.8 Å². The quantitative estimate of drug-likeness (QED) is 0.940. The van der Waals surface area contributed by atoms with Crippen molar-refractivity contribution in [3.63, 3.8) is 0 Å². The van der Waals surface area contributed by atoms with Gasteiger partial charge in [0, 0.05) is 38.3 Å². The Bertz CT molecular complexity index is 553. The van der Waals surface area contributed by atoms with Crippen molar-refractivity contribution in [2.75, 3.05) is 26.2 Å². The number of nitrogens with zero attached hydrogens (tertiary/aromatic N) is 2. The molecule has 116 valence electrons. The summed E-state index contributed by atoms with van der Waals surface area (Å²) in [5.41, 5.74) is 3.28. The summed E-state index contributed by atoms with van der Waals surface area (Å²) >= 11 is 0. The van der Waals surface area contributed by atoms with E-state index in [1.807, 2.05) is 12.1 Å². The fourth-order valence-corrected chi connectivity index (χ4v) is 2.39. The largest absolute Gasteiger partial charge is 0.444 e. The molecule has 0 spiro atoms. The van der Waals surface area contributed by atoms with Crippen LogP contribution in [0.2, 0.25) is 0 Å². The number of piperazine rings is 1. The van der Waals surface area contributed by atoms with Gasteiger partial charge in [-0.05, 0) is 19.1 Å². The van der Waals surface area contributed by atoms with Crippen molar-refractivity contribution >= 4 is 24.8 Å². The first-order valence-corrected chi connectivity index (χ1v) is 6.76. The Morgan fingerprint density at radius 3 is 2.71 bits per heavy atom. The lowest BCUT2D eigenvalue weighted by Crippen LogP contribution is -2.42. The Balaban J connectivity index is 0.00000110. The molecule has 0 saturated carbocycles. The normalized spacial score (nSPS) is 15.1. The highest BCUT2D eigenvalue weighted by Gasteiger charge is 2.13. The van der Waals surface area contributed by atoms with Gasteiger partial charge in [-0.15, -0.1) is 24.8 Å². The van der Waals surface area contributed by atoms with Crippen LogP contribution in [-0.2, 0) is 6.54 Å². The molecule has 1 aliphatic rings. The monoisotopic (exact) mass is 329 g/mol. The van der Waals surface area contributed by atoms with Crippen molar-refractivity contribution in [3.8, 4) is 11.5 Å². The van der Waals surface area contributed by atoms with Crippen molar-refractivity contribution in [1.29, 1.82) is 0 Å². The minimum absolute atomic E-state index is 0. The zero-order valence-electron chi connectivity index (χ0n) is 12.0. The molecule has 2 aromatic rings. The van der Waals surface area contributed by atoms with E-state index < -0.39 is 0 Å². The van der Waals surface area contributed by atoms with E-state index in [1.54, 1.807) is 6.26 Å². The zero-order valence-corrected chi connectivity index (χ0v) is 13.7. The van der Waals surface area contributed by atoms with Crippen LogP contribution in [0.1, 0.15) is 11.3 Å². The van der Waals surface area contributed by atoms with Crippen LogP contribution in [0.15, 0.2) is 34.9 Å². The minimum Gasteiger partial charge on any atom is -0.444 e. The molecule has 21 heavy (non-hydrogen) atoms. The third-order valence-corrected chi connectivity index (χ3v) is 3.41. The van der Waals surface area contributed by atoms with E-state index in [0.717, 1.165) is 44.0 Å². The summed E-state index contributed by atoms with van der Waals surface area (Å²) in [6.45, 7) is 7.22. The van der Waals surface area contributed by atoms with Gasteiger partial charge in [0.05, 0.1) is 5.69 Å². The second-order valence-corrected chi connectivity index (χ2v) is 5.04. The maximum absolute atomic E-state index is 5.59. The zero-order chi connectivity index (χ0) is 13.1. The van der Waals surface area contributed by atoms with Gasteiger partial charge in [0.25, 0.3) is 0 Å². The van der Waals surface area contributed by atoms with Crippen LogP contribution in [0.25, 0.3) is 11.5 Å². The molecule has 4 nitrogen and oxygen atoms in total. The number of rotatable bonds is 3. The fraction of sp³-hybridized carbons (Fsp3) is 0.400. The van der Waals surface area contributed by atoms with E-state index in [1.165, 1.54) is 5.56 Å². The molecule has 0 aliphatic carbocycles. The number of hydrogen-bond acceptors (Lipinski definition) is 4. The van der Waals surface area contributed by atoms with Gasteiger partial charge in [0.15, 0.2) is 0 Å². The van der Waals surface area contributed by atoms with Crippen LogP contribution in [0.4, 0.5) is 0 Å². The molecule has 1 saturated heterocycles. The van der Waals surface area contributed by atoms with Crippen molar-refractivity contribution in [1.82, 2.24) is 15.2 Å². The number of benzene rings is 1. The predicted molar refractivity (Wildman–Crippen MR) is 89.3 cm³/mol. The Labute approximate surface area is 137 Å². The average molecular weight is 330 g/mol. The SMILES string of the molecule is Cc1cccc(-c2nc(CN3CCNCC3)co2)c1.Cl.Cl. The summed E-state index contributed by atoms with van der Waals surface area (Å²) in [5.74, 6) is 0.717. The summed E-state index contributed by atoms with van der Waals surface area (Å²) in [5, 5.41) is 3.35. The molecule has 0 unspecified atom stereocenters. The second kappa shape index (κ2) is 8.39. The highest BCUT2D eigenvalue weighted by molar-refractivity contribution is 5.85. The molecule has 1 fully saturated rings. The van der Waals surface area contributed by atoms with E-state index in [2.05, 4.69) is 34.3 Å². The molecule has 1 aromatic heterocycles. The van der Waals surface area contributed by atoms with E-state index in [-0.39, 0.29) is 24.8 Å². The summed E-state index contributed by atoms with van der Waals surface area (Å²) in [7, 11) is 0. The van der Waals surface area contributed by atoms with Gasteiger partial charge in [0.1, 0.15) is 6.26 Å². The third-order valence-electron chi connectivity index (χ3n) is 3.41. The average Bonchev–Trinajstić information content (AvgIpc) is 2.88. The Kier molecular flexibility index (Phi) is 7.18. The van der Waals surface area contributed by atoms with E-state index in [0.29, 0.717) is 5.89 Å². The summed E-state index contributed by atoms with van der Waals surface area (Å²) < 4.78 is 5.59. The predicted octanol–water partition coefficient (Wildman–Crippen LogP) is 2.90. The molecule has 3 rings (SSSR count). The minimum atomic E-state index is 0. The molecule has 0 bridgehead atoms. The topological polar surface area (TPSA) is 41.3 Å². The highest BCUT2D eigenvalue weighted by Crippen LogP contribution is 2.20. The molecule has 0 atom stereocenters. The smallest absolute Gasteiger partial charge is 0.226 e. The first-order valence-electron chi connectivity index (χ1n) is 6.76. The van der Waals surface area contributed by atoms with Crippen LogP contribution in [0.3, 0.4) is 0 Å². The summed E-state index contributed by atoms with van der Waals surface area (Å²) in [6, 6.07) is 8.24. The number of halogens is 2. The lowest BCUT2D eigenvalue weighted by molar-refractivity contribution is 0.230. The van der Waals surface area contributed by atoms with E-state index in [9.17, 15) is 0 Å². The molecule has 0 radical (unpaired) electrons. The molecule has 0 amide bonds. The molecule has 2 heterocycles. The van der Waals surface area contributed by atoms with Gasteiger partial charge >= 0.3 is 0 Å². The molecule has 1 aromatic carbocycles. The number of nitrogens with one attached hydrogen (secondary N) is 1. The van der Waals surface area contributed by atoms with Gasteiger partial charge < -0.3 is 9.73 Å². The molecule has 1 aliphatic heterocycles. The lowest BCUT2D eigenvalue weighted by atomic mass is 10.1. The Morgan fingerprint density at radius 2 is 2.00 bits per heavy atom. The van der Waals surface area contributed by atoms with Gasteiger partial charge in [-0.25, -0.2) is 4.98 Å². The first-order chi connectivity index (χ1) is 9.31. The van der Waals surface area contributed by atoms with E-state index in [4.69, 9.17) is 4.42 Å². The van der Waals surface area contributed by atoms with Gasteiger partial charge in [-0.2, -0.15) is 0 Å². The molecule has 1 N–H and O–H groups in total. The third kappa shape index (κ3) is 4.71. The lowest BCUT2D eigenvalue weighted by Gasteiger charge is -2.25. The number of aromatic nitrogens is 1. The number of aryl methyl sites for hydroxylation is 1. The van der Waals surface area contributed by atoms with Gasteiger partial charge in [-0.3, -0.25) is 4.90 Å². The van der Waals surface area contributed by atoms with Gasteiger partial charge in [-0.1, -0.05) is 17.7 Å². The van der Waals surface area contributed by atoms with Crippen LogP contribution < -0.4 is 5.32 Å². The number of hydrogen-bond donors (Lipinski definition) is 1. The van der Waals surface area contributed by atoms with Crippen LogP contribution in [0, 0.1) is 6.92 Å². The van der Waals surface area contributed by atoms with Crippen molar-refractivity contribution < 1.29 is 4.42 Å². The van der Waals surface area contributed by atoms with E-state index >= 15 is 0 Å².